The molecule has 2 heterocycles. The Morgan fingerprint density at radius 2 is 2.32 bits per heavy atom. The van der Waals surface area contributed by atoms with E-state index in [0.717, 1.165) is 24.2 Å². The lowest BCUT2D eigenvalue weighted by Crippen LogP contribution is -2.51. The van der Waals surface area contributed by atoms with Crippen LogP contribution in [0.3, 0.4) is 0 Å². The topological polar surface area (TPSA) is 51.0 Å². The van der Waals surface area contributed by atoms with Gasteiger partial charge in [0.25, 0.3) is 0 Å². The van der Waals surface area contributed by atoms with Gasteiger partial charge in [-0.05, 0) is 31.0 Å². The van der Waals surface area contributed by atoms with Gasteiger partial charge in [-0.3, -0.25) is 4.79 Å². The van der Waals surface area contributed by atoms with Crippen LogP contribution in [-0.2, 0) is 11.3 Å². The molecule has 1 fully saturated rings. The molecular formula is C16H17ClN4O. The van der Waals surface area contributed by atoms with Gasteiger partial charge >= 0.3 is 0 Å². The third-order valence-corrected chi connectivity index (χ3v) is 4.06. The second-order valence-electron chi connectivity index (χ2n) is 5.38. The van der Waals surface area contributed by atoms with E-state index in [9.17, 15) is 4.79 Å². The zero-order valence-corrected chi connectivity index (χ0v) is 12.9. The van der Waals surface area contributed by atoms with Crippen LogP contribution >= 0.6 is 11.6 Å². The summed E-state index contributed by atoms with van der Waals surface area (Å²) in [5.41, 5.74) is 1.63. The molecule has 0 aliphatic carbocycles. The van der Waals surface area contributed by atoms with Gasteiger partial charge in [-0.1, -0.05) is 29.0 Å². The van der Waals surface area contributed by atoms with E-state index in [4.69, 9.17) is 11.6 Å². The van der Waals surface area contributed by atoms with Crippen LogP contribution in [-0.4, -0.2) is 31.8 Å². The first-order chi connectivity index (χ1) is 10.7. The molecule has 0 saturated carbocycles. The molecule has 5 nitrogen and oxygen atoms in total. The Bertz CT molecular complexity index is 697. The number of hydrogen-bond acceptors (Lipinski definition) is 3. The van der Waals surface area contributed by atoms with E-state index < -0.39 is 0 Å². The van der Waals surface area contributed by atoms with Crippen LogP contribution in [0.2, 0.25) is 5.02 Å². The number of aromatic nitrogens is 3. The van der Waals surface area contributed by atoms with Crippen molar-refractivity contribution in [2.24, 2.45) is 0 Å². The van der Waals surface area contributed by atoms with Crippen molar-refractivity contribution in [2.75, 3.05) is 0 Å². The molecule has 2 aromatic rings. The molecule has 22 heavy (non-hydrogen) atoms. The highest BCUT2D eigenvalue weighted by Crippen LogP contribution is 2.25. The summed E-state index contributed by atoms with van der Waals surface area (Å²) in [6.07, 6.45) is 6.22. The Kier molecular flexibility index (Phi) is 4.24. The smallest absolute Gasteiger partial charge is 0.225 e. The molecule has 1 aromatic carbocycles. The number of halogens is 1. The summed E-state index contributed by atoms with van der Waals surface area (Å²) >= 11 is 5.98. The van der Waals surface area contributed by atoms with Gasteiger partial charge in [-0.2, -0.15) is 0 Å². The minimum atomic E-state index is 0.173. The molecule has 1 aliphatic heterocycles. The van der Waals surface area contributed by atoms with Crippen LogP contribution in [0, 0.1) is 0 Å². The van der Waals surface area contributed by atoms with Gasteiger partial charge in [-0.15, -0.1) is 11.7 Å². The second-order valence-corrected chi connectivity index (χ2v) is 5.82. The standard InChI is InChI=1S/C16H17ClN4O/c1-2-3-6-14-9-16(22)20(14)10-13-11-21(19-18-13)15-7-4-5-12(17)8-15/h2,4-5,7-8,11,14H,1,3,6,9-10H2. The summed E-state index contributed by atoms with van der Waals surface area (Å²) in [5.74, 6) is 0.173. The number of likely N-dealkylation sites (tertiary alicyclic amines) is 1. The quantitative estimate of drug-likeness (QED) is 0.608. The van der Waals surface area contributed by atoms with Crippen molar-refractivity contribution in [3.05, 3.63) is 53.8 Å². The molecule has 1 atom stereocenters. The number of carbonyl (C=O) groups excluding carboxylic acids is 1. The van der Waals surface area contributed by atoms with Crippen molar-refractivity contribution in [3.63, 3.8) is 0 Å². The average molecular weight is 317 g/mol. The van der Waals surface area contributed by atoms with Gasteiger partial charge in [0.15, 0.2) is 0 Å². The second kappa shape index (κ2) is 6.32. The maximum absolute atomic E-state index is 11.8. The molecule has 3 rings (SSSR count). The molecule has 1 aliphatic rings. The molecule has 114 valence electrons. The predicted molar refractivity (Wildman–Crippen MR) is 84.8 cm³/mol. The van der Waals surface area contributed by atoms with Crippen LogP contribution in [0.15, 0.2) is 43.1 Å². The number of rotatable bonds is 6. The van der Waals surface area contributed by atoms with Crippen molar-refractivity contribution < 1.29 is 4.79 Å². The first-order valence-electron chi connectivity index (χ1n) is 7.25. The van der Waals surface area contributed by atoms with Crippen molar-refractivity contribution in [1.29, 1.82) is 0 Å². The number of hydrogen-bond donors (Lipinski definition) is 0. The normalized spacial score (nSPS) is 17.4. The van der Waals surface area contributed by atoms with E-state index in [1.165, 1.54) is 0 Å². The summed E-state index contributed by atoms with van der Waals surface area (Å²) in [6.45, 7) is 4.22. The minimum Gasteiger partial charge on any atom is -0.333 e. The highest BCUT2D eigenvalue weighted by atomic mass is 35.5. The lowest BCUT2D eigenvalue weighted by molar-refractivity contribution is -0.147. The Labute approximate surface area is 134 Å². The van der Waals surface area contributed by atoms with Crippen LogP contribution in [0.4, 0.5) is 0 Å². The first-order valence-corrected chi connectivity index (χ1v) is 7.62. The zero-order chi connectivity index (χ0) is 15.5. The molecular weight excluding hydrogens is 300 g/mol. The van der Waals surface area contributed by atoms with E-state index in [2.05, 4.69) is 16.9 Å². The molecule has 0 spiro atoms. The Morgan fingerprint density at radius 3 is 3.05 bits per heavy atom. The van der Waals surface area contributed by atoms with E-state index in [1.807, 2.05) is 41.4 Å². The summed E-state index contributed by atoms with van der Waals surface area (Å²) in [4.78, 5) is 13.6. The summed E-state index contributed by atoms with van der Waals surface area (Å²) in [7, 11) is 0. The highest BCUT2D eigenvalue weighted by Gasteiger charge is 2.35. The molecule has 1 saturated heterocycles. The SMILES string of the molecule is C=CCCC1CC(=O)N1Cc1cn(-c2cccc(Cl)c2)nn1. The monoisotopic (exact) mass is 316 g/mol. The van der Waals surface area contributed by atoms with Crippen molar-refractivity contribution in [2.45, 2.75) is 31.8 Å². The van der Waals surface area contributed by atoms with Gasteiger partial charge in [-0.25, -0.2) is 4.68 Å². The Balaban J connectivity index is 1.69. The zero-order valence-electron chi connectivity index (χ0n) is 12.2. The van der Waals surface area contributed by atoms with Gasteiger partial charge < -0.3 is 4.90 Å². The lowest BCUT2D eigenvalue weighted by Gasteiger charge is -2.40. The molecule has 6 heteroatoms. The highest BCUT2D eigenvalue weighted by molar-refractivity contribution is 6.30. The fourth-order valence-corrected chi connectivity index (χ4v) is 2.78. The van der Waals surface area contributed by atoms with Gasteiger partial charge in [0.05, 0.1) is 18.4 Å². The average Bonchev–Trinajstić information content (AvgIpc) is 2.98. The fourth-order valence-electron chi connectivity index (χ4n) is 2.60. The predicted octanol–water partition coefficient (Wildman–Crippen LogP) is 2.99. The molecule has 0 bridgehead atoms. The number of β-lactam (4-membered cyclic amide) rings is 1. The van der Waals surface area contributed by atoms with E-state index in [1.54, 1.807) is 4.68 Å². The third-order valence-electron chi connectivity index (χ3n) is 3.82. The molecule has 0 radical (unpaired) electrons. The van der Waals surface area contributed by atoms with Crippen LogP contribution in [0.1, 0.15) is 25.0 Å². The lowest BCUT2D eigenvalue weighted by atomic mass is 9.97. The van der Waals surface area contributed by atoms with E-state index >= 15 is 0 Å². The number of benzene rings is 1. The number of allylic oxidation sites excluding steroid dienone is 1. The van der Waals surface area contributed by atoms with Gasteiger partial charge in [0.1, 0.15) is 5.69 Å². The van der Waals surface area contributed by atoms with Crippen molar-refractivity contribution in [1.82, 2.24) is 19.9 Å². The first kappa shape index (κ1) is 14.8. The summed E-state index contributed by atoms with van der Waals surface area (Å²) in [5, 5.41) is 8.90. The van der Waals surface area contributed by atoms with Crippen LogP contribution < -0.4 is 0 Å². The maximum atomic E-state index is 11.8. The van der Waals surface area contributed by atoms with Crippen LogP contribution in [0.5, 0.6) is 0 Å². The van der Waals surface area contributed by atoms with Crippen molar-refractivity contribution >= 4 is 17.5 Å². The number of carbonyl (C=O) groups is 1. The van der Waals surface area contributed by atoms with Crippen LogP contribution in [0.25, 0.3) is 5.69 Å². The van der Waals surface area contributed by atoms with Crippen molar-refractivity contribution in [3.8, 4) is 5.69 Å². The fraction of sp³-hybridized carbons (Fsp3) is 0.312. The number of nitrogens with zero attached hydrogens (tertiary/aromatic N) is 4. The molecule has 0 N–H and O–H groups in total. The largest absolute Gasteiger partial charge is 0.333 e. The van der Waals surface area contributed by atoms with Gasteiger partial charge in [0, 0.05) is 17.5 Å². The summed E-state index contributed by atoms with van der Waals surface area (Å²) in [6, 6.07) is 7.70. The Hall–Kier alpha value is -2.14. The summed E-state index contributed by atoms with van der Waals surface area (Å²) < 4.78 is 1.67. The Morgan fingerprint density at radius 1 is 1.45 bits per heavy atom. The van der Waals surface area contributed by atoms with Gasteiger partial charge in [0.2, 0.25) is 5.91 Å². The molecule has 1 amide bonds. The van der Waals surface area contributed by atoms with E-state index in [0.29, 0.717) is 24.0 Å². The molecule has 1 aromatic heterocycles. The number of amides is 1. The van der Waals surface area contributed by atoms with E-state index in [-0.39, 0.29) is 5.91 Å². The minimum absolute atomic E-state index is 0.173. The molecule has 1 unspecified atom stereocenters. The third kappa shape index (κ3) is 3.04. The maximum Gasteiger partial charge on any atom is 0.225 e.